The van der Waals surface area contributed by atoms with Crippen molar-refractivity contribution >= 4 is 28.9 Å². The lowest BCUT2D eigenvalue weighted by Gasteiger charge is -2.18. The van der Waals surface area contributed by atoms with Crippen LogP contribution >= 0.6 is 11.6 Å². The van der Waals surface area contributed by atoms with Crippen molar-refractivity contribution in [2.75, 3.05) is 37.9 Å². The fourth-order valence-electron chi connectivity index (χ4n) is 2.77. The van der Waals surface area contributed by atoms with Crippen LogP contribution in [-0.4, -0.2) is 38.5 Å². The summed E-state index contributed by atoms with van der Waals surface area (Å²) in [5.41, 5.74) is 5.08. The molecule has 1 amide bonds. The molecule has 0 heterocycles. The maximum atomic E-state index is 12.3. The third-order valence-electron chi connectivity index (χ3n) is 4.01. The SMILES string of the molecule is Cc1cc(C)c(NC(=O)CN(C)Cc2ccc(N(C)C)cc2)c(Cl)c1. The number of amides is 1. The molecule has 5 heteroatoms. The van der Waals surface area contributed by atoms with Gasteiger partial charge in [0, 0.05) is 26.3 Å². The van der Waals surface area contributed by atoms with Crippen molar-refractivity contribution in [3.63, 3.8) is 0 Å². The summed E-state index contributed by atoms with van der Waals surface area (Å²) in [6, 6.07) is 12.2. The minimum atomic E-state index is -0.0683. The molecule has 2 aromatic carbocycles. The fourth-order valence-corrected chi connectivity index (χ4v) is 3.13. The zero-order valence-electron chi connectivity index (χ0n) is 15.6. The molecule has 0 aromatic heterocycles. The molecule has 1 N–H and O–H groups in total. The van der Waals surface area contributed by atoms with Gasteiger partial charge in [-0.1, -0.05) is 29.8 Å². The first kappa shape index (κ1) is 19.3. The van der Waals surface area contributed by atoms with Crippen LogP contribution in [0.25, 0.3) is 0 Å². The third kappa shape index (κ3) is 5.48. The molecule has 0 aliphatic carbocycles. The van der Waals surface area contributed by atoms with E-state index in [-0.39, 0.29) is 5.91 Å². The molecule has 0 saturated carbocycles. The molecule has 0 spiro atoms. The zero-order chi connectivity index (χ0) is 18.6. The molecular formula is C20H26ClN3O. The molecule has 0 aliphatic rings. The summed E-state index contributed by atoms with van der Waals surface area (Å²) in [6.45, 7) is 4.95. The van der Waals surface area contributed by atoms with E-state index in [4.69, 9.17) is 11.6 Å². The number of aryl methyl sites for hydroxylation is 2. The molecule has 2 aromatic rings. The molecule has 4 nitrogen and oxygen atoms in total. The molecule has 0 radical (unpaired) electrons. The number of benzene rings is 2. The summed E-state index contributed by atoms with van der Waals surface area (Å²) in [5.74, 6) is -0.0683. The minimum Gasteiger partial charge on any atom is -0.378 e. The van der Waals surface area contributed by atoms with Gasteiger partial charge in [-0.2, -0.15) is 0 Å². The lowest BCUT2D eigenvalue weighted by atomic mass is 10.1. The minimum absolute atomic E-state index is 0.0683. The van der Waals surface area contributed by atoms with Crippen molar-refractivity contribution in [1.29, 1.82) is 0 Å². The number of nitrogens with zero attached hydrogens (tertiary/aromatic N) is 2. The average Bonchev–Trinajstić information content (AvgIpc) is 2.51. The van der Waals surface area contributed by atoms with Crippen LogP contribution in [0.4, 0.5) is 11.4 Å². The quantitative estimate of drug-likeness (QED) is 0.843. The van der Waals surface area contributed by atoms with Crippen molar-refractivity contribution in [2.45, 2.75) is 20.4 Å². The molecule has 0 atom stereocenters. The average molecular weight is 360 g/mol. The van der Waals surface area contributed by atoms with Crippen LogP contribution in [0.1, 0.15) is 16.7 Å². The van der Waals surface area contributed by atoms with Gasteiger partial charge in [-0.25, -0.2) is 0 Å². The van der Waals surface area contributed by atoms with E-state index in [0.717, 1.165) is 16.8 Å². The second-order valence-corrected chi connectivity index (χ2v) is 7.13. The molecule has 0 saturated heterocycles. The van der Waals surface area contributed by atoms with E-state index in [9.17, 15) is 4.79 Å². The molecule has 134 valence electrons. The van der Waals surface area contributed by atoms with Crippen molar-refractivity contribution < 1.29 is 4.79 Å². The highest BCUT2D eigenvalue weighted by atomic mass is 35.5. The number of halogens is 1. The van der Waals surface area contributed by atoms with E-state index in [1.54, 1.807) is 0 Å². The second kappa shape index (κ2) is 8.37. The summed E-state index contributed by atoms with van der Waals surface area (Å²) in [6.07, 6.45) is 0. The number of carbonyl (C=O) groups excluding carboxylic acids is 1. The fraction of sp³-hybridized carbons (Fsp3) is 0.350. The van der Waals surface area contributed by atoms with Gasteiger partial charge in [-0.05, 0) is 55.8 Å². The van der Waals surface area contributed by atoms with E-state index in [2.05, 4.69) is 34.5 Å². The lowest BCUT2D eigenvalue weighted by molar-refractivity contribution is -0.117. The van der Waals surface area contributed by atoms with E-state index < -0.39 is 0 Å². The van der Waals surface area contributed by atoms with Crippen molar-refractivity contribution in [3.8, 4) is 0 Å². The first-order valence-electron chi connectivity index (χ1n) is 8.27. The van der Waals surface area contributed by atoms with Crippen molar-refractivity contribution in [1.82, 2.24) is 4.90 Å². The summed E-state index contributed by atoms with van der Waals surface area (Å²) >= 11 is 6.25. The maximum absolute atomic E-state index is 12.3. The van der Waals surface area contributed by atoms with E-state index in [1.807, 2.05) is 52.0 Å². The van der Waals surface area contributed by atoms with E-state index in [0.29, 0.717) is 23.8 Å². The largest absolute Gasteiger partial charge is 0.378 e. The van der Waals surface area contributed by atoms with Gasteiger partial charge in [0.05, 0.1) is 17.3 Å². The number of likely N-dealkylation sites (N-methyl/N-ethyl adjacent to an activating group) is 1. The first-order valence-corrected chi connectivity index (χ1v) is 8.65. The van der Waals surface area contributed by atoms with Gasteiger partial charge in [-0.3, -0.25) is 9.69 Å². The van der Waals surface area contributed by atoms with E-state index in [1.165, 1.54) is 5.56 Å². The Labute approximate surface area is 155 Å². The summed E-state index contributed by atoms with van der Waals surface area (Å²) in [4.78, 5) is 16.4. The number of anilines is 2. The lowest BCUT2D eigenvalue weighted by Crippen LogP contribution is -2.30. The molecular weight excluding hydrogens is 334 g/mol. The summed E-state index contributed by atoms with van der Waals surface area (Å²) in [7, 11) is 5.97. The van der Waals surface area contributed by atoms with Gasteiger partial charge in [0.25, 0.3) is 0 Å². The number of hydrogen-bond donors (Lipinski definition) is 1. The van der Waals surface area contributed by atoms with Gasteiger partial charge in [0.15, 0.2) is 0 Å². The number of hydrogen-bond acceptors (Lipinski definition) is 3. The molecule has 25 heavy (non-hydrogen) atoms. The maximum Gasteiger partial charge on any atom is 0.238 e. The Morgan fingerprint density at radius 1 is 1.08 bits per heavy atom. The predicted octanol–water partition coefficient (Wildman–Crippen LogP) is 4.09. The molecule has 0 bridgehead atoms. The molecule has 0 fully saturated rings. The standard InChI is InChI=1S/C20H26ClN3O/c1-14-10-15(2)20(18(21)11-14)22-19(25)13-24(5)12-16-6-8-17(9-7-16)23(3)4/h6-11H,12-13H2,1-5H3,(H,22,25). The highest BCUT2D eigenvalue weighted by Crippen LogP contribution is 2.27. The van der Waals surface area contributed by atoms with Crippen LogP contribution in [0.15, 0.2) is 36.4 Å². The number of carbonyl (C=O) groups is 1. The monoisotopic (exact) mass is 359 g/mol. The van der Waals surface area contributed by atoms with Gasteiger partial charge >= 0.3 is 0 Å². The summed E-state index contributed by atoms with van der Waals surface area (Å²) in [5, 5.41) is 3.50. The van der Waals surface area contributed by atoms with Gasteiger partial charge in [0.1, 0.15) is 0 Å². The topological polar surface area (TPSA) is 35.6 Å². The van der Waals surface area contributed by atoms with Crippen molar-refractivity contribution in [2.24, 2.45) is 0 Å². The Balaban J connectivity index is 1.94. The Morgan fingerprint density at radius 2 is 1.72 bits per heavy atom. The highest BCUT2D eigenvalue weighted by molar-refractivity contribution is 6.34. The van der Waals surface area contributed by atoms with Crippen LogP contribution < -0.4 is 10.2 Å². The van der Waals surface area contributed by atoms with Crippen LogP contribution in [0.2, 0.25) is 5.02 Å². The van der Waals surface area contributed by atoms with E-state index >= 15 is 0 Å². The van der Waals surface area contributed by atoms with Crippen LogP contribution in [0.5, 0.6) is 0 Å². The normalized spacial score (nSPS) is 10.8. The second-order valence-electron chi connectivity index (χ2n) is 6.72. The van der Waals surface area contributed by atoms with Gasteiger partial charge < -0.3 is 10.2 Å². The van der Waals surface area contributed by atoms with Crippen LogP contribution in [0, 0.1) is 13.8 Å². The molecule has 0 aliphatic heterocycles. The predicted molar refractivity (Wildman–Crippen MR) is 107 cm³/mol. The third-order valence-corrected chi connectivity index (χ3v) is 4.31. The summed E-state index contributed by atoms with van der Waals surface area (Å²) < 4.78 is 0. The number of nitrogens with one attached hydrogen (secondary N) is 1. The highest BCUT2D eigenvalue weighted by Gasteiger charge is 2.12. The van der Waals surface area contributed by atoms with Gasteiger partial charge in [-0.15, -0.1) is 0 Å². The first-order chi connectivity index (χ1) is 11.8. The Bertz CT molecular complexity index is 718. The zero-order valence-corrected chi connectivity index (χ0v) is 16.3. The van der Waals surface area contributed by atoms with Crippen molar-refractivity contribution in [3.05, 3.63) is 58.1 Å². The van der Waals surface area contributed by atoms with Gasteiger partial charge in [0.2, 0.25) is 5.91 Å². The Morgan fingerprint density at radius 3 is 2.28 bits per heavy atom. The smallest absolute Gasteiger partial charge is 0.238 e. The Kier molecular flexibility index (Phi) is 6.45. The van der Waals surface area contributed by atoms with Crippen LogP contribution in [0.3, 0.4) is 0 Å². The van der Waals surface area contributed by atoms with Crippen LogP contribution in [-0.2, 0) is 11.3 Å². The number of rotatable bonds is 6. The Hall–Kier alpha value is -2.04. The molecule has 2 rings (SSSR count). The molecule has 0 unspecified atom stereocenters.